The van der Waals surface area contributed by atoms with Crippen LogP contribution in [0.15, 0.2) is 24.4 Å². The summed E-state index contributed by atoms with van der Waals surface area (Å²) < 4.78 is 39.3. The van der Waals surface area contributed by atoms with E-state index in [9.17, 15) is 8.78 Å². The van der Waals surface area contributed by atoms with Crippen LogP contribution in [0.5, 0.6) is 0 Å². The van der Waals surface area contributed by atoms with E-state index in [1.54, 1.807) is 6.20 Å². The summed E-state index contributed by atoms with van der Waals surface area (Å²) in [6, 6.07) is 3.74. The first-order valence-corrected chi connectivity index (χ1v) is 6.71. The van der Waals surface area contributed by atoms with Crippen LogP contribution in [0.1, 0.15) is 31.4 Å². The Bertz CT molecular complexity index is 563. The van der Waals surface area contributed by atoms with Crippen LogP contribution in [-0.2, 0) is 16.0 Å². The predicted molar refractivity (Wildman–Crippen MR) is 71.5 cm³/mol. The van der Waals surface area contributed by atoms with Gasteiger partial charge in [0.25, 0.3) is 0 Å². The Kier molecular flexibility index (Phi) is 5.35. The first-order chi connectivity index (χ1) is 10.2. The molecule has 7 heteroatoms. The van der Waals surface area contributed by atoms with Gasteiger partial charge in [-0.05, 0) is 26.0 Å². The Labute approximate surface area is 121 Å². The maximum absolute atomic E-state index is 13.6. The van der Waals surface area contributed by atoms with Gasteiger partial charge in [0.15, 0.2) is 0 Å². The molecule has 0 fully saturated rings. The second-order valence-corrected chi connectivity index (χ2v) is 4.28. The average Bonchev–Trinajstić information content (AvgIpc) is 2.91. The zero-order valence-electron chi connectivity index (χ0n) is 11.9. The molecule has 114 valence electrons. The number of benzene rings is 1. The Balaban J connectivity index is 2.16. The SMILES string of the molecule is CCOC(OCC)c1cn(Cc2c(F)cccc2F)nn1. The molecule has 5 nitrogen and oxygen atoms in total. The van der Waals surface area contributed by atoms with Gasteiger partial charge < -0.3 is 9.47 Å². The molecule has 2 aromatic rings. The lowest BCUT2D eigenvalue weighted by Crippen LogP contribution is -2.09. The molecule has 0 saturated heterocycles. The molecule has 2 rings (SSSR count). The highest BCUT2D eigenvalue weighted by Gasteiger charge is 2.17. The zero-order valence-corrected chi connectivity index (χ0v) is 11.9. The van der Waals surface area contributed by atoms with Crippen LogP contribution >= 0.6 is 0 Å². The van der Waals surface area contributed by atoms with E-state index in [1.807, 2.05) is 13.8 Å². The summed E-state index contributed by atoms with van der Waals surface area (Å²) in [5.41, 5.74) is 0.411. The molecule has 1 aromatic heterocycles. The Morgan fingerprint density at radius 2 is 1.76 bits per heavy atom. The van der Waals surface area contributed by atoms with E-state index in [0.717, 1.165) is 0 Å². The minimum absolute atomic E-state index is 0.0452. The van der Waals surface area contributed by atoms with Crippen LogP contribution < -0.4 is 0 Å². The van der Waals surface area contributed by atoms with E-state index in [0.29, 0.717) is 18.9 Å². The topological polar surface area (TPSA) is 49.2 Å². The van der Waals surface area contributed by atoms with E-state index in [2.05, 4.69) is 10.3 Å². The van der Waals surface area contributed by atoms with E-state index >= 15 is 0 Å². The molecule has 0 radical (unpaired) electrons. The third-order valence-electron chi connectivity index (χ3n) is 2.82. The lowest BCUT2D eigenvalue weighted by molar-refractivity contribution is -0.142. The second kappa shape index (κ2) is 7.24. The van der Waals surface area contributed by atoms with Gasteiger partial charge >= 0.3 is 0 Å². The number of halogens is 2. The van der Waals surface area contributed by atoms with Gasteiger partial charge in [0.05, 0.1) is 12.7 Å². The fraction of sp³-hybridized carbons (Fsp3) is 0.429. The van der Waals surface area contributed by atoms with Gasteiger partial charge in [-0.15, -0.1) is 5.10 Å². The molecule has 0 amide bonds. The third-order valence-corrected chi connectivity index (χ3v) is 2.82. The van der Waals surface area contributed by atoms with Crippen molar-refractivity contribution in [3.63, 3.8) is 0 Å². The highest BCUT2D eigenvalue weighted by atomic mass is 19.1. The van der Waals surface area contributed by atoms with Crippen molar-refractivity contribution < 1.29 is 18.3 Å². The summed E-state index contributed by atoms with van der Waals surface area (Å²) in [6.07, 6.45) is 0.932. The standard InChI is InChI=1S/C14H17F2N3O2/c1-3-20-14(21-4-2)13-9-19(18-17-13)8-10-11(15)6-5-7-12(10)16/h5-7,9,14H,3-4,8H2,1-2H3. The fourth-order valence-electron chi connectivity index (χ4n) is 1.87. The Morgan fingerprint density at radius 3 is 2.33 bits per heavy atom. The van der Waals surface area contributed by atoms with Crippen molar-refractivity contribution in [2.45, 2.75) is 26.7 Å². The minimum atomic E-state index is -0.626. The van der Waals surface area contributed by atoms with Crippen LogP contribution in [-0.4, -0.2) is 28.2 Å². The molecule has 0 atom stereocenters. The van der Waals surface area contributed by atoms with Gasteiger partial charge in [-0.1, -0.05) is 11.3 Å². The van der Waals surface area contributed by atoms with Crippen LogP contribution in [0.4, 0.5) is 8.78 Å². The summed E-state index contributed by atoms with van der Waals surface area (Å²) in [7, 11) is 0. The van der Waals surface area contributed by atoms with Crippen molar-refractivity contribution in [3.8, 4) is 0 Å². The van der Waals surface area contributed by atoms with Crippen LogP contribution in [0.2, 0.25) is 0 Å². The zero-order chi connectivity index (χ0) is 15.2. The highest BCUT2D eigenvalue weighted by Crippen LogP contribution is 2.17. The molecular weight excluding hydrogens is 280 g/mol. The van der Waals surface area contributed by atoms with Gasteiger partial charge in [0, 0.05) is 18.8 Å². The van der Waals surface area contributed by atoms with Crippen molar-refractivity contribution in [2.75, 3.05) is 13.2 Å². The Hall–Kier alpha value is -1.86. The number of nitrogens with zero attached hydrogens (tertiary/aromatic N) is 3. The molecule has 1 aromatic carbocycles. The van der Waals surface area contributed by atoms with Crippen molar-refractivity contribution in [3.05, 3.63) is 47.3 Å². The molecule has 0 aliphatic rings. The van der Waals surface area contributed by atoms with E-state index < -0.39 is 17.9 Å². The second-order valence-electron chi connectivity index (χ2n) is 4.28. The lowest BCUT2D eigenvalue weighted by Gasteiger charge is -2.13. The molecule has 0 saturated carbocycles. The first kappa shape index (κ1) is 15.5. The predicted octanol–water partition coefficient (Wildman–Crippen LogP) is 2.68. The summed E-state index contributed by atoms with van der Waals surface area (Å²) >= 11 is 0. The van der Waals surface area contributed by atoms with Gasteiger partial charge in [-0.3, -0.25) is 0 Å². The smallest absolute Gasteiger partial charge is 0.204 e. The van der Waals surface area contributed by atoms with E-state index in [4.69, 9.17) is 9.47 Å². The normalized spacial score (nSPS) is 11.3. The van der Waals surface area contributed by atoms with Crippen LogP contribution in [0.3, 0.4) is 0 Å². The fourth-order valence-corrected chi connectivity index (χ4v) is 1.87. The quantitative estimate of drug-likeness (QED) is 0.737. The number of hydrogen-bond donors (Lipinski definition) is 0. The van der Waals surface area contributed by atoms with Crippen molar-refractivity contribution in [2.24, 2.45) is 0 Å². The molecule has 0 aliphatic carbocycles. The molecule has 0 spiro atoms. The maximum atomic E-state index is 13.6. The lowest BCUT2D eigenvalue weighted by atomic mass is 10.2. The van der Waals surface area contributed by atoms with E-state index in [1.165, 1.54) is 22.9 Å². The minimum Gasteiger partial charge on any atom is -0.347 e. The van der Waals surface area contributed by atoms with Crippen molar-refractivity contribution >= 4 is 0 Å². The summed E-state index contributed by atoms with van der Waals surface area (Å²) in [6.45, 7) is 4.55. The summed E-state index contributed by atoms with van der Waals surface area (Å²) in [5, 5.41) is 7.78. The van der Waals surface area contributed by atoms with Gasteiger partial charge in [-0.2, -0.15) is 0 Å². The highest BCUT2D eigenvalue weighted by molar-refractivity contribution is 5.19. The Morgan fingerprint density at radius 1 is 1.14 bits per heavy atom. The molecule has 0 bridgehead atoms. The van der Waals surface area contributed by atoms with Crippen molar-refractivity contribution in [1.82, 2.24) is 15.0 Å². The maximum Gasteiger partial charge on any atom is 0.204 e. The number of ether oxygens (including phenoxy) is 2. The van der Waals surface area contributed by atoms with Crippen molar-refractivity contribution in [1.29, 1.82) is 0 Å². The molecule has 0 unspecified atom stereocenters. The van der Waals surface area contributed by atoms with Gasteiger partial charge in [0.2, 0.25) is 6.29 Å². The third kappa shape index (κ3) is 3.83. The molecule has 0 aliphatic heterocycles. The number of hydrogen-bond acceptors (Lipinski definition) is 4. The largest absolute Gasteiger partial charge is 0.347 e. The summed E-state index contributed by atoms with van der Waals surface area (Å²) in [4.78, 5) is 0. The first-order valence-electron chi connectivity index (χ1n) is 6.71. The van der Waals surface area contributed by atoms with Crippen LogP contribution in [0, 0.1) is 11.6 Å². The number of rotatable bonds is 7. The monoisotopic (exact) mass is 297 g/mol. The average molecular weight is 297 g/mol. The van der Waals surface area contributed by atoms with Crippen LogP contribution in [0.25, 0.3) is 0 Å². The van der Waals surface area contributed by atoms with Gasteiger partial charge in [-0.25, -0.2) is 13.5 Å². The molecule has 0 N–H and O–H groups in total. The molecular formula is C14H17F2N3O2. The number of aromatic nitrogens is 3. The molecule has 21 heavy (non-hydrogen) atoms. The van der Waals surface area contributed by atoms with Gasteiger partial charge in [0.1, 0.15) is 17.3 Å². The summed E-state index contributed by atoms with van der Waals surface area (Å²) in [5.74, 6) is -1.23. The van der Waals surface area contributed by atoms with E-state index in [-0.39, 0.29) is 12.1 Å². The molecule has 1 heterocycles.